The molecule has 1 aromatic rings. The molecular weight excluding hydrogens is 422 g/mol. The van der Waals surface area contributed by atoms with Crippen molar-refractivity contribution < 1.29 is 28.7 Å². The van der Waals surface area contributed by atoms with Crippen LogP contribution in [0.2, 0.25) is 0 Å². The van der Waals surface area contributed by atoms with Crippen molar-refractivity contribution in [2.24, 2.45) is 11.8 Å². The lowest BCUT2D eigenvalue weighted by Crippen LogP contribution is -2.55. The van der Waals surface area contributed by atoms with Crippen molar-refractivity contribution in [3.05, 3.63) is 35.4 Å². The Labute approximate surface area is 195 Å². The van der Waals surface area contributed by atoms with Crippen molar-refractivity contribution in [1.82, 2.24) is 10.2 Å². The summed E-state index contributed by atoms with van der Waals surface area (Å²) in [5, 5.41) is 2.71. The number of hydroxylamine groups is 1. The van der Waals surface area contributed by atoms with Crippen molar-refractivity contribution >= 4 is 24.0 Å². The molecule has 2 amide bonds. The molecule has 0 atom stereocenters. The van der Waals surface area contributed by atoms with E-state index in [2.05, 4.69) is 23.9 Å². The van der Waals surface area contributed by atoms with Crippen LogP contribution in [-0.2, 0) is 25.6 Å². The van der Waals surface area contributed by atoms with E-state index in [4.69, 9.17) is 4.84 Å². The molecule has 180 valence electrons. The Bertz CT molecular complexity index is 886. The molecule has 1 N–H and O–H groups in total. The van der Waals surface area contributed by atoms with Gasteiger partial charge in [0, 0.05) is 36.2 Å². The average Bonchev–Trinajstić information content (AvgIpc) is 3.07. The van der Waals surface area contributed by atoms with E-state index >= 15 is 0 Å². The van der Waals surface area contributed by atoms with E-state index in [9.17, 15) is 14.4 Å². The number of hydrogen-bond donors (Lipinski definition) is 1. The second kappa shape index (κ2) is 10.8. The maximum absolute atomic E-state index is 12.8. The third-order valence-electron chi connectivity index (χ3n) is 7.06. The van der Waals surface area contributed by atoms with Crippen LogP contribution in [-0.4, -0.2) is 66.6 Å². The average molecular weight is 459 g/mol. The summed E-state index contributed by atoms with van der Waals surface area (Å²) >= 11 is 0. The summed E-state index contributed by atoms with van der Waals surface area (Å²) in [5.74, 6) is 0.719. The normalized spacial score (nSPS) is 22.5. The SMILES string of the molecule is COC(=O)CCNC(=O)c1ccc(CCN2C(=O)C=[N+](OC)C23CCC(C(C)C)CC3)cc1. The lowest BCUT2D eigenvalue weighted by Gasteiger charge is -2.39. The number of rotatable bonds is 9. The van der Waals surface area contributed by atoms with Gasteiger partial charge in [0.2, 0.25) is 0 Å². The predicted octanol–water partition coefficient (Wildman–Crippen LogP) is 2.55. The van der Waals surface area contributed by atoms with Gasteiger partial charge in [-0.05, 0) is 48.8 Å². The molecule has 1 spiro atoms. The molecule has 0 unspecified atom stereocenters. The molecule has 33 heavy (non-hydrogen) atoms. The molecule has 3 rings (SSSR count). The first-order chi connectivity index (χ1) is 15.8. The highest BCUT2D eigenvalue weighted by Gasteiger charge is 2.58. The summed E-state index contributed by atoms with van der Waals surface area (Å²) in [6.45, 7) is 5.36. The largest absolute Gasteiger partial charge is 0.469 e. The quantitative estimate of drug-likeness (QED) is 0.454. The molecule has 1 fully saturated rings. The van der Waals surface area contributed by atoms with Crippen LogP contribution in [0.5, 0.6) is 0 Å². The van der Waals surface area contributed by atoms with Gasteiger partial charge < -0.3 is 10.1 Å². The maximum atomic E-state index is 12.8. The fourth-order valence-electron chi connectivity index (χ4n) is 4.96. The smallest absolute Gasteiger partial charge is 0.320 e. The highest BCUT2D eigenvalue weighted by atomic mass is 16.7. The number of ether oxygens (including phenoxy) is 1. The highest BCUT2D eigenvalue weighted by molar-refractivity contribution is 6.25. The van der Waals surface area contributed by atoms with Crippen LogP contribution < -0.4 is 5.32 Å². The molecule has 2 aliphatic rings. The van der Waals surface area contributed by atoms with Gasteiger partial charge >= 0.3 is 11.9 Å². The van der Waals surface area contributed by atoms with Crippen LogP contribution in [0.25, 0.3) is 0 Å². The molecule has 1 heterocycles. The van der Waals surface area contributed by atoms with Gasteiger partial charge in [-0.3, -0.25) is 24.1 Å². The van der Waals surface area contributed by atoms with Crippen molar-refractivity contribution in [2.75, 3.05) is 27.3 Å². The summed E-state index contributed by atoms with van der Waals surface area (Å²) in [4.78, 5) is 43.8. The number of benzene rings is 1. The molecule has 0 bridgehead atoms. The third-order valence-corrected chi connectivity index (χ3v) is 7.06. The number of carbonyl (C=O) groups is 3. The summed E-state index contributed by atoms with van der Waals surface area (Å²) in [7, 11) is 2.94. The van der Waals surface area contributed by atoms with E-state index in [0.29, 0.717) is 30.4 Å². The Hall–Kier alpha value is -2.90. The van der Waals surface area contributed by atoms with Crippen LogP contribution in [0.3, 0.4) is 0 Å². The second-order valence-electron chi connectivity index (χ2n) is 9.22. The van der Waals surface area contributed by atoms with E-state index in [1.807, 2.05) is 17.0 Å². The minimum absolute atomic E-state index is 0.0125. The van der Waals surface area contributed by atoms with E-state index in [1.165, 1.54) is 7.11 Å². The van der Waals surface area contributed by atoms with Crippen molar-refractivity contribution in [3.63, 3.8) is 0 Å². The Morgan fingerprint density at radius 3 is 2.42 bits per heavy atom. The molecular formula is C25H36N3O5+. The third kappa shape index (κ3) is 5.54. The number of nitrogens with zero attached hydrogens (tertiary/aromatic N) is 2. The zero-order valence-electron chi connectivity index (χ0n) is 20.1. The Morgan fingerprint density at radius 1 is 1.18 bits per heavy atom. The Morgan fingerprint density at radius 2 is 1.85 bits per heavy atom. The van der Waals surface area contributed by atoms with Crippen molar-refractivity contribution in [2.45, 2.75) is 58.0 Å². The van der Waals surface area contributed by atoms with Gasteiger partial charge in [0.05, 0.1) is 13.5 Å². The molecule has 1 aliphatic heterocycles. The van der Waals surface area contributed by atoms with Crippen LogP contribution >= 0.6 is 0 Å². The number of hydrogen-bond acceptors (Lipinski definition) is 5. The predicted molar refractivity (Wildman–Crippen MR) is 124 cm³/mol. The summed E-state index contributed by atoms with van der Waals surface area (Å²) < 4.78 is 6.33. The van der Waals surface area contributed by atoms with E-state index < -0.39 is 5.66 Å². The van der Waals surface area contributed by atoms with Gasteiger partial charge in [0.15, 0.2) is 0 Å². The Kier molecular flexibility index (Phi) is 8.10. The van der Waals surface area contributed by atoms with Gasteiger partial charge in [-0.2, -0.15) is 0 Å². The van der Waals surface area contributed by atoms with Crippen molar-refractivity contribution in [1.29, 1.82) is 0 Å². The zero-order chi connectivity index (χ0) is 24.0. The van der Waals surface area contributed by atoms with Crippen molar-refractivity contribution in [3.8, 4) is 0 Å². The molecule has 0 saturated heterocycles. The highest BCUT2D eigenvalue weighted by Crippen LogP contribution is 2.41. The number of methoxy groups -OCH3 is 1. The first kappa shape index (κ1) is 24.7. The topological polar surface area (TPSA) is 88.0 Å². The van der Waals surface area contributed by atoms with Crippen LogP contribution in [0.1, 0.15) is 61.9 Å². The Balaban J connectivity index is 1.59. The van der Waals surface area contributed by atoms with Gasteiger partial charge in [0.25, 0.3) is 17.8 Å². The molecule has 8 nitrogen and oxygen atoms in total. The summed E-state index contributed by atoms with van der Waals surface area (Å²) in [5.41, 5.74) is 1.18. The monoisotopic (exact) mass is 458 g/mol. The number of amides is 2. The molecule has 1 aliphatic carbocycles. The lowest BCUT2D eigenvalue weighted by molar-refractivity contribution is -0.837. The summed E-state index contributed by atoms with van der Waals surface area (Å²) in [6.07, 6.45) is 6.37. The standard InChI is InChI=1S/C25H35N3O5/c1-18(2)20-9-13-25(14-10-20)27(22(29)17-28(25)33-4)16-12-19-5-7-21(8-6-19)24(31)26-15-11-23(30)32-3/h5-8,17-18,20H,9-16H2,1-4H3/p+1. The molecule has 1 saturated carbocycles. The minimum atomic E-state index is -0.406. The fourth-order valence-corrected chi connectivity index (χ4v) is 4.96. The molecule has 1 aromatic carbocycles. The molecule has 8 heteroatoms. The number of nitrogens with one attached hydrogen (secondary N) is 1. The number of carbonyl (C=O) groups excluding carboxylic acids is 3. The van der Waals surface area contributed by atoms with Gasteiger partial charge in [-0.15, -0.1) is 0 Å². The fraction of sp³-hybridized carbons (Fsp3) is 0.600. The van der Waals surface area contributed by atoms with E-state index in [1.54, 1.807) is 30.2 Å². The van der Waals surface area contributed by atoms with Crippen LogP contribution in [0, 0.1) is 11.8 Å². The summed E-state index contributed by atoms with van der Waals surface area (Å²) in [6, 6.07) is 7.36. The van der Waals surface area contributed by atoms with Gasteiger partial charge in [0.1, 0.15) is 7.11 Å². The lowest BCUT2D eigenvalue weighted by atomic mass is 9.76. The second-order valence-corrected chi connectivity index (χ2v) is 9.22. The van der Waals surface area contributed by atoms with Gasteiger partial charge in [-0.1, -0.05) is 26.0 Å². The first-order valence-electron chi connectivity index (χ1n) is 11.7. The van der Waals surface area contributed by atoms with Gasteiger partial charge in [-0.25, -0.2) is 0 Å². The van der Waals surface area contributed by atoms with Crippen LogP contribution in [0.4, 0.5) is 0 Å². The number of esters is 1. The zero-order valence-corrected chi connectivity index (χ0v) is 20.1. The maximum Gasteiger partial charge on any atom is 0.320 e. The van der Waals surface area contributed by atoms with E-state index in [-0.39, 0.29) is 30.7 Å². The van der Waals surface area contributed by atoms with E-state index in [0.717, 1.165) is 31.2 Å². The minimum Gasteiger partial charge on any atom is -0.469 e. The first-order valence-corrected chi connectivity index (χ1v) is 11.7. The van der Waals surface area contributed by atoms with Crippen LogP contribution in [0.15, 0.2) is 24.3 Å². The molecule has 0 aromatic heterocycles. The molecule has 0 radical (unpaired) electrons.